The molecule has 2 aromatic rings. The number of aromatic nitrogens is 3. The van der Waals surface area contributed by atoms with Gasteiger partial charge in [-0.2, -0.15) is 5.10 Å². The highest BCUT2D eigenvalue weighted by Crippen LogP contribution is 2.34. The molecule has 1 fully saturated rings. The summed E-state index contributed by atoms with van der Waals surface area (Å²) in [4.78, 5) is 14.5. The van der Waals surface area contributed by atoms with Crippen LogP contribution >= 0.6 is 11.6 Å². The van der Waals surface area contributed by atoms with Gasteiger partial charge in [0, 0.05) is 25.9 Å². The Morgan fingerprint density at radius 1 is 1.50 bits per heavy atom. The first-order valence-corrected chi connectivity index (χ1v) is 7.81. The van der Waals surface area contributed by atoms with E-state index in [1.54, 1.807) is 22.8 Å². The molecule has 22 heavy (non-hydrogen) atoms. The van der Waals surface area contributed by atoms with Crippen LogP contribution in [-0.4, -0.2) is 32.3 Å². The van der Waals surface area contributed by atoms with Crippen molar-refractivity contribution in [3.8, 4) is 0 Å². The van der Waals surface area contributed by atoms with Gasteiger partial charge < -0.3 is 9.42 Å². The summed E-state index contributed by atoms with van der Waals surface area (Å²) in [5.74, 6) is 0.880. The van der Waals surface area contributed by atoms with E-state index in [2.05, 4.69) is 24.1 Å². The van der Waals surface area contributed by atoms with Crippen LogP contribution in [0.4, 0.5) is 0 Å². The Morgan fingerprint density at radius 2 is 2.27 bits per heavy atom. The summed E-state index contributed by atoms with van der Waals surface area (Å²) in [7, 11) is 1.75. The number of likely N-dealkylation sites (tertiary alicyclic amines) is 1. The molecule has 1 amide bonds. The molecule has 0 spiro atoms. The third-order valence-corrected chi connectivity index (χ3v) is 4.24. The monoisotopic (exact) mass is 322 g/mol. The summed E-state index contributed by atoms with van der Waals surface area (Å²) in [5.41, 5.74) is 1.20. The van der Waals surface area contributed by atoms with Crippen molar-refractivity contribution in [2.75, 3.05) is 6.54 Å². The lowest BCUT2D eigenvalue weighted by Crippen LogP contribution is -2.31. The summed E-state index contributed by atoms with van der Waals surface area (Å²) in [6.07, 6.45) is 3.42. The molecule has 3 heterocycles. The predicted molar refractivity (Wildman–Crippen MR) is 81.8 cm³/mol. The molecule has 6 nitrogen and oxygen atoms in total. The van der Waals surface area contributed by atoms with Crippen molar-refractivity contribution in [2.24, 2.45) is 7.05 Å². The Labute approximate surface area is 134 Å². The van der Waals surface area contributed by atoms with Gasteiger partial charge in [-0.1, -0.05) is 30.6 Å². The van der Waals surface area contributed by atoms with E-state index in [1.807, 2.05) is 6.07 Å². The van der Waals surface area contributed by atoms with E-state index in [-0.39, 0.29) is 11.9 Å². The molecule has 1 saturated heterocycles. The van der Waals surface area contributed by atoms with Crippen LogP contribution in [0.15, 0.2) is 16.8 Å². The largest absolute Gasteiger partial charge is 0.359 e. The fourth-order valence-electron chi connectivity index (χ4n) is 2.78. The molecule has 7 heteroatoms. The number of amides is 1. The second-order valence-electron chi connectivity index (χ2n) is 5.96. The third kappa shape index (κ3) is 2.63. The van der Waals surface area contributed by atoms with Crippen LogP contribution in [0, 0.1) is 0 Å². The lowest BCUT2D eigenvalue weighted by Gasteiger charge is -2.21. The second-order valence-corrected chi connectivity index (χ2v) is 6.37. The van der Waals surface area contributed by atoms with Gasteiger partial charge in [0.15, 0.2) is 11.5 Å². The number of halogens is 1. The van der Waals surface area contributed by atoms with Crippen LogP contribution in [0.2, 0.25) is 5.02 Å². The number of hydrogen-bond donors (Lipinski definition) is 0. The maximum Gasteiger partial charge on any atom is 0.276 e. The van der Waals surface area contributed by atoms with Gasteiger partial charge >= 0.3 is 0 Å². The molecule has 1 atom stereocenters. The van der Waals surface area contributed by atoms with E-state index >= 15 is 0 Å². The van der Waals surface area contributed by atoms with E-state index in [1.165, 1.54) is 0 Å². The number of nitrogens with zero attached hydrogens (tertiary/aromatic N) is 4. The van der Waals surface area contributed by atoms with Gasteiger partial charge in [0.1, 0.15) is 0 Å². The summed E-state index contributed by atoms with van der Waals surface area (Å²) in [5, 5.41) is 8.63. The Balaban J connectivity index is 1.86. The van der Waals surface area contributed by atoms with E-state index in [0.29, 0.717) is 23.2 Å². The highest BCUT2D eigenvalue weighted by Gasteiger charge is 2.35. The Kier molecular flexibility index (Phi) is 3.95. The van der Waals surface area contributed by atoms with Crippen molar-refractivity contribution in [1.29, 1.82) is 0 Å². The van der Waals surface area contributed by atoms with Crippen LogP contribution in [0.25, 0.3) is 0 Å². The first-order valence-electron chi connectivity index (χ1n) is 7.44. The molecule has 0 aliphatic carbocycles. The number of carbonyl (C=O) groups is 1. The lowest BCUT2D eigenvalue weighted by molar-refractivity contribution is 0.0708. The maximum absolute atomic E-state index is 12.7. The van der Waals surface area contributed by atoms with Gasteiger partial charge in [-0.25, -0.2) is 0 Å². The molecular formula is C15H19ClN4O2. The first kappa shape index (κ1) is 15.1. The predicted octanol–water partition coefficient (Wildman–Crippen LogP) is 3.16. The van der Waals surface area contributed by atoms with E-state index in [0.717, 1.165) is 24.3 Å². The van der Waals surface area contributed by atoms with E-state index in [4.69, 9.17) is 16.1 Å². The van der Waals surface area contributed by atoms with Crippen molar-refractivity contribution >= 4 is 17.5 Å². The Hall–Kier alpha value is -1.82. The topological polar surface area (TPSA) is 64.2 Å². The fourth-order valence-corrected chi connectivity index (χ4v) is 3.04. The minimum atomic E-state index is -0.157. The van der Waals surface area contributed by atoms with Crippen LogP contribution in [0.1, 0.15) is 60.6 Å². The zero-order valence-corrected chi connectivity index (χ0v) is 13.7. The van der Waals surface area contributed by atoms with Gasteiger partial charge in [-0.15, -0.1) is 0 Å². The van der Waals surface area contributed by atoms with Crippen molar-refractivity contribution in [1.82, 2.24) is 19.8 Å². The van der Waals surface area contributed by atoms with Gasteiger partial charge in [0.2, 0.25) is 0 Å². The summed E-state index contributed by atoms with van der Waals surface area (Å²) >= 11 is 6.09. The van der Waals surface area contributed by atoms with Crippen LogP contribution in [0.3, 0.4) is 0 Å². The SMILES string of the molecule is CC(C)c1cc(C2CCCN2C(=O)c2nn(C)cc2Cl)on1. The average molecular weight is 323 g/mol. The smallest absolute Gasteiger partial charge is 0.276 e. The van der Waals surface area contributed by atoms with Crippen molar-refractivity contribution in [3.05, 3.63) is 34.4 Å². The fraction of sp³-hybridized carbons (Fsp3) is 0.533. The maximum atomic E-state index is 12.7. The minimum absolute atomic E-state index is 0.0921. The molecule has 0 N–H and O–H groups in total. The molecule has 2 aromatic heterocycles. The highest BCUT2D eigenvalue weighted by molar-refractivity contribution is 6.33. The molecule has 0 radical (unpaired) electrons. The van der Waals surface area contributed by atoms with E-state index in [9.17, 15) is 4.79 Å². The Bertz CT molecular complexity index is 692. The molecule has 0 saturated carbocycles. The summed E-state index contributed by atoms with van der Waals surface area (Å²) in [6.45, 7) is 4.80. The first-order chi connectivity index (χ1) is 10.5. The molecule has 1 aliphatic heterocycles. The highest BCUT2D eigenvalue weighted by atomic mass is 35.5. The lowest BCUT2D eigenvalue weighted by atomic mass is 10.1. The van der Waals surface area contributed by atoms with Gasteiger partial charge in [0.25, 0.3) is 5.91 Å². The molecule has 1 unspecified atom stereocenters. The van der Waals surface area contributed by atoms with Crippen LogP contribution in [-0.2, 0) is 7.05 Å². The summed E-state index contributed by atoms with van der Waals surface area (Å²) < 4.78 is 7.01. The zero-order valence-electron chi connectivity index (χ0n) is 12.9. The number of aryl methyl sites for hydroxylation is 1. The van der Waals surface area contributed by atoms with Gasteiger partial charge in [-0.05, 0) is 18.8 Å². The van der Waals surface area contributed by atoms with Crippen molar-refractivity contribution < 1.29 is 9.32 Å². The standard InChI is InChI=1S/C15H19ClN4O2/c1-9(2)11-7-13(22-18-11)12-5-4-6-20(12)15(21)14-10(16)8-19(3)17-14/h7-9,12H,4-6H2,1-3H3. The number of hydrogen-bond acceptors (Lipinski definition) is 4. The molecule has 0 aromatic carbocycles. The number of rotatable bonds is 3. The quantitative estimate of drug-likeness (QED) is 0.870. The second kappa shape index (κ2) is 5.76. The number of carbonyl (C=O) groups excluding carboxylic acids is 1. The molecule has 0 bridgehead atoms. The molecule has 3 rings (SSSR count). The van der Waals surface area contributed by atoms with Gasteiger partial charge in [-0.3, -0.25) is 9.48 Å². The normalized spacial score (nSPS) is 18.4. The van der Waals surface area contributed by atoms with E-state index < -0.39 is 0 Å². The Morgan fingerprint density at radius 3 is 2.86 bits per heavy atom. The van der Waals surface area contributed by atoms with Crippen LogP contribution in [0.5, 0.6) is 0 Å². The average Bonchev–Trinajstić information content (AvgIpc) is 3.15. The van der Waals surface area contributed by atoms with Crippen molar-refractivity contribution in [2.45, 2.75) is 38.6 Å². The third-order valence-electron chi connectivity index (χ3n) is 3.97. The van der Waals surface area contributed by atoms with Gasteiger partial charge in [0.05, 0.1) is 16.8 Å². The zero-order chi connectivity index (χ0) is 15.9. The molecule has 118 valence electrons. The molecule has 1 aliphatic rings. The summed E-state index contributed by atoms with van der Waals surface area (Å²) in [6, 6.07) is 1.85. The minimum Gasteiger partial charge on any atom is -0.359 e. The van der Waals surface area contributed by atoms with Crippen molar-refractivity contribution in [3.63, 3.8) is 0 Å². The van der Waals surface area contributed by atoms with Crippen LogP contribution < -0.4 is 0 Å². The molecular weight excluding hydrogens is 304 g/mol.